The third kappa shape index (κ3) is 3.80. The van der Waals surface area contributed by atoms with Gasteiger partial charge in [0.1, 0.15) is 0 Å². The molecule has 0 amide bonds. The molecule has 0 N–H and O–H groups in total. The average Bonchev–Trinajstić information content (AvgIpc) is 2.67. The van der Waals surface area contributed by atoms with Crippen LogP contribution in [0.5, 0.6) is 0 Å². The Labute approximate surface area is 156 Å². The van der Waals surface area contributed by atoms with Crippen molar-refractivity contribution in [2.45, 2.75) is 13.8 Å². The Morgan fingerprint density at radius 1 is 0.462 bits per heavy atom. The van der Waals surface area contributed by atoms with Crippen LogP contribution in [0, 0.1) is 13.8 Å². The van der Waals surface area contributed by atoms with E-state index in [0.717, 1.165) is 33.7 Å². The van der Waals surface area contributed by atoms with E-state index in [-0.39, 0.29) is 0 Å². The fourth-order valence-corrected chi connectivity index (χ4v) is 3.06. The Balaban J connectivity index is 1.92. The fourth-order valence-electron chi connectivity index (χ4n) is 3.06. The summed E-state index contributed by atoms with van der Waals surface area (Å²) in [6, 6.07) is 25.5. The van der Waals surface area contributed by atoms with E-state index in [2.05, 4.69) is 96.6 Å². The second kappa shape index (κ2) is 7.92. The first-order valence-corrected chi connectivity index (χ1v) is 8.81. The molecular weight excluding hydrogens is 316 g/mol. The minimum absolute atomic E-state index is 1.00. The molecule has 0 aliphatic rings. The second-order valence-corrected chi connectivity index (χ2v) is 6.45. The summed E-state index contributed by atoms with van der Waals surface area (Å²) in [5.74, 6) is 0. The predicted molar refractivity (Wildman–Crippen MR) is 112 cm³/mol. The van der Waals surface area contributed by atoms with Gasteiger partial charge in [-0.25, -0.2) is 0 Å². The molecule has 0 unspecified atom stereocenters. The normalized spacial score (nSPS) is 12.3. The summed E-state index contributed by atoms with van der Waals surface area (Å²) in [7, 11) is 3.68. The lowest BCUT2D eigenvalue weighted by Gasteiger charge is -2.10. The summed E-state index contributed by atoms with van der Waals surface area (Å²) < 4.78 is 0. The third-order valence-electron chi connectivity index (χ3n) is 4.53. The first-order valence-electron chi connectivity index (χ1n) is 8.81. The number of aryl methyl sites for hydroxylation is 2. The lowest BCUT2D eigenvalue weighted by atomic mass is 9.97. The van der Waals surface area contributed by atoms with E-state index in [1.54, 1.807) is 0 Å². The molecule has 0 saturated carbocycles. The van der Waals surface area contributed by atoms with E-state index >= 15 is 0 Å². The largest absolute Gasteiger partial charge is 0.287 e. The summed E-state index contributed by atoms with van der Waals surface area (Å²) in [6.45, 7) is 4.19. The molecule has 2 heteroatoms. The van der Waals surface area contributed by atoms with Gasteiger partial charge in [-0.2, -0.15) is 0 Å². The fraction of sp³-hybridized carbons (Fsp3) is 0.167. The minimum atomic E-state index is 1.00. The lowest BCUT2D eigenvalue weighted by Crippen LogP contribution is -2.06. The number of benzene rings is 3. The van der Waals surface area contributed by atoms with Crippen molar-refractivity contribution in [2.24, 2.45) is 9.98 Å². The van der Waals surface area contributed by atoms with E-state index < -0.39 is 0 Å². The molecule has 2 nitrogen and oxygen atoms in total. The van der Waals surface area contributed by atoms with Crippen LogP contribution in [-0.4, -0.2) is 25.5 Å². The SMILES string of the molecule is CN=C(c1ccc(C)cc1)c1ccc(C(=NC)c2ccc(C)cc2)cc1. The molecule has 0 bridgehead atoms. The van der Waals surface area contributed by atoms with Gasteiger partial charge < -0.3 is 0 Å². The summed E-state index contributed by atoms with van der Waals surface area (Å²) in [6.07, 6.45) is 0. The number of nitrogens with zero attached hydrogens (tertiary/aromatic N) is 2. The van der Waals surface area contributed by atoms with Gasteiger partial charge in [0.05, 0.1) is 11.4 Å². The molecule has 0 fully saturated rings. The van der Waals surface area contributed by atoms with Crippen molar-refractivity contribution in [1.29, 1.82) is 0 Å². The standard InChI is InChI=1S/C24H24N2/c1-17-5-9-19(10-6-17)23(25-3)21-13-15-22(16-14-21)24(26-4)20-11-7-18(2)8-12-20/h5-16H,1-4H3. The maximum atomic E-state index is 4.51. The predicted octanol–water partition coefficient (Wildman–Crippen LogP) is 5.24. The van der Waals surface area contributed by atoms with Crippen LogP contribution in [-0.2, 0) is 0 Å². The van der Waals surface area contributed by atoms with Crippen LogP contribution >= 0.6 is 0 Å². The van der Waals surface area contributed by atoms with Crippen LogP contribution in [0.25, 0.3) is 0 Å². The van der Waals surface area contributed by atoms with Gasteiger partial charge in [-0.3, -0.25) is 9.98 Å². The summed E-state index contributed by atoms with van der Waals surface area (Å²) in [4.78, 5) is 9.01. The van der Waals surface area contributed by atoms with E-state index in [0.29, 0.717) is 0 Å². The lowest BCUT2D eigenvalue weighted by molar-refractivity contribution is 1.38. The zero-order chi connectivity index (χ0) is 18.5. The molecule has 0 radical (unpaired) electrons. The topological polar surface area (TPSA) is 24.7 Å². The molecule has 0 aliphatic heterocycles. The van der Waals surface area contributed by atoms with Crippen molar-refractivity contribution in [3.8, 4) is 0 Å². The van der Waals surface area contributed by atoms with Crippen molar-refractivity contribution in [1.82, 2.24) is 0 Å². The molecule has 0 aromatic heterocycles. The van der Waals surface area contributed by atoms with Gasteiger partial charge in [0, 0.05) is 36.3 Å². The Morgan fingerprint density at radius 2 is 0.692 bits per heavy atom. The molecule has 0 heterocycles. The van der Waals surface area contributed by atoms with E-state index in [4.69, 9.17) is 0 Å². The van der Waals surface area contributed by atoms with Crippen LogP contribution < -0.4 is 0 Å². The van der Waals surface area contributed by atoms with Crippen LogP contribution in [0.2, 0.25) is 0 Å². The molecular formula is C24H24N2. The van der Waals surface area contributed by atoms with Gasteiger partial charge in [-0.15, -0.1) is 0 Å². The zero-order valence-corrected chi connectivity index (χ0v) is 15.8. The highest BCUT2D eigenvalue weighted by Crippen LogP contribution is 2.16. The van der Waals surface area contributed by atoms with Gasteiger partial charge >= 0.3 is 0 Å². The van der Waals surface area contributed by atoms with E-state index in [9.17, 15) is 0 Å². The van der Waals surface area contributed by atoms with E-state index in [1.165, 1.54) is 11.1 Å². The van der Waals surface area contributed by atoms with Gasteiger partial charge in [0.2, 0.25) is 0 Å². The Morgan fingerprint density at radius 3 is 0.923 bits per heavy atom. The molecule has 0 atom stereocenters. The van der Waals surface area contributed by atoms with Crippen molar-refractivity contribution in [3.63, 3.8) is 0 Å². The summed E-state index contributed by atoms with van der Waals surface area (Å²) in [5.41, 5.74) is 8.99. The minimum Gasteiger partial charge on any atom is -0.287 e. The van der Waals surface area contributed by atoms with Crippen LogP contribution in [0.3, 0.4) is 0 Å². The molecule has 3 aromatic rings. The molecule has 26 heavy (non-hydrogen) atoms. The quantitative estimate of drug-likeness (QED) is 0.580. The summed E-state index contributed by atoms with van der Waals surface area (Å²) >= 11 is 0. The third-order valence-corrected chi connectivity index (χ3v) is 4.53. The Bertz CT molecular complexity index is 849. The van der Waals surface area contributed by atoms with E-state index in [1.807, 2.05) is 14.1 Å². The average molecular weight is 340 g/mol. The number of rotatable bonds is 4. The van der Waals surface area contributed by atoms with Crippen molar-refractivity contribution < 1.29 is 0 Å². The molecule has 3 rings (SSSR count). The molecule has 3 aromatic carbocycles. The van der Waals surface area contributed by atoms with Gasteiger partial charge in [0.15, 0.2) is 0 Å². The highest BCUT2D eigenvalue weighted by atomic mass is 14.7. The number of hydrogen-bond acceptors (Lipinski definition) is 2. The molecule has 130 valence electrons. The van der Waals surface area contributed by atoms with Crippen molar-refractivity contribution in [3.05, 3.63) is 106 Å². The van der Waals surface area contributed by atoms with Crippen LogP contribution in [0.1, 0.15) is 33.4 Å². The monoisotopic (exact) mass is 340 g/mol. The number of hydrogen-bond donors (Lipinski definition) is 0. The molecule has 0 saturated heterocycles. The Kier molecular flexibility index (Phi) is 5.43. The van der Waals surface area contributed by atoms with Crippen LogP contribution in [0.4, 0.5) is 0 Å². The smallest absolute Gasteiger partial charge is 0.0715 e. The van der Waals surface area contributed by atoms with Crippen LogP contribution in [0.15, 0.2) is 82.8 Å². The van der Waals surface area contributed by atoms with Crippen molar-refractivity contribution in [2.75, 3.05) is 14.1 Å². The molecule has 0 aliphatic carbocycles. The molecule has 0 spiro atoms. The summed E-state index contributed by atoms with van der Waals surface area (Å²) in [5, 5.41) is 0. The Hall–Kier alpha value is -3.00. The van der Waals surface area contributed by atoms with Gasteiger partial charge in [-0.1, -0.05) is 83.9 Å². The van der Waals surface area contributed by atoms with Gasteiger partial charge in [-0.05, 0) is 13.8 Å². The maximum absolute atomic E-state index is 4.51. The number of aliphatic imine (C=N–C) groups is 2. The second-order valence-electron chi connectivity index (χ2n) is 6.45. The first kappa shape index (κ1) is 17.8. The van der Waals surface area contributed by atoms with Crippen molar-refractivity contribution >= 4 is 11.4 Å². The zero-order valence-electron chi connectivity index (χ0n) is 15.8. The first-order chi connectivity index (χ1) is 12.6. The highest BCUT2D eigenvalue weighted by molar-refractivity contribution is 6.15. The van der Waals surface area contributed by atoms with Gasteiger partial charge in [0.25, 0.3) is 0 Å². The highest BCUT2D eigenvalue weighted by Gasteiger charge is 2.09. The maximum Gasteiger partial charge on any atom is 0.0715 e.